The lowest BCUT2D eigenvalue weighted by atomic mass is 10.1. The molecule has 1 heterocycles. The zero-order valence-electron chi connectivity index (χ0n) is 12.4. The molecule has 0 radical (unpaired) electrons. The van der Waals surface area contributed by atoms with Gasteiger partial charge in [0.05, 0.1) is 11.0 Å². The van der Waals surface area contributed by atoms with Crippen molar-refractivity contribution in [2.24, 2.45) is 5.73 Å². The number of nitrogens with zero attached hydrogens (tertiary/aromatic N) is 2. The molecule has 0 amide bonds. The Kier molecular flexibility index (Phi) is 3.65. The van der Waals surface area contributed by atoms with Gasteiger partial charge in [-0.1, -0.05) is 6.07 Å². The van der Waals surface area contributed by atoms with Crippen LogP contribution < -0.4 is 5.73 Å². The van der Waals surface area contributed by atoms with Crippen LogP contribution >= 0.6 is 0 Å². The standard InChI is InChI=1S/C15H23N3O/c1-10(19-5)14-17-12-8-11(9-16)6-7-13(12)18(14)15(2,3)4/h6-8,10H,9,16H2,1-5H3. The average molecular weight is 261 g/mol. The predicted molar refractivity (Wildman–Crippen MR) is 78.0 cm³/mol. The monoisotopic (exact) mass is 261 g/mol. The van der Waals surface area contributed by atoms with Gasteiger partial charge in [-0.3, -0.25) is 0 Å². The second-order valence-corrected chi connectivity index (χ2v) is 5.88. The van der Waals surface area contributed by atoms with Gasteiger partial charge in [0.25, 0.3) is 0 Å². The molecule has 0 aliphatic carbocycles. The Morgan fingerprint density at radius 3 is 2.58 bits per heavy atom. The van der Waals surface area contributed by atoms with Crippen LogP contribution in [-0.2, 0) is 16.8 Å². The Balaban J connectivity index is 2.73. The van der Waals surface area contributed by atoms with E-state index in [1.165, 1.54) is 0 Å². The second kappa shape index (κ2) is 4.94. The molecule has 4 heteroatoms. The van der Waals surface area contributed by atoms with Gasteiger partial charge >= 0.3 is 0 Å². The number of hydrogen-bond donors (Lipinski definition) is 1. The van der Waals surface area contributed by atoms with E-state index >= 15 is 0 Å². The second-order valence-electron chi connectivity index (χ2n) is 5.88. The van der Waals surface area contributed by atoms with Gasteiger partial charge in [-0.15, -0.1) is 0 Å². The molecule has 0 bridgehead atoms. The van der Waals surface area contributed by atoms with E-state index in [-0.39, 0.29) is 11.6 Å². The Bertz CT molecular complexity index is 581. The zero-order chi connectivity index (χ0) is 14.2. The van der Waals surface area contributed by atoms with Crippen LogP contribution in [-0.4, -0.2) is 16.7 Å². The van der Waals surface area contributed by atoms with E-state index in [1.54, 1.807) is 7.11 Å². The van der Waals surface area contributed by atoms with Crippen LogP contribution in [0.4, 0.5) is 0 Å². The van der Waals surface area contributed by atoms with Gasteiger partial charge in [-0.05, 0) is 45.4 Å². The minimum absolute atomic E-state index is 0.0343. The van der Waals surface area contributed by atoms with Gasteiger partial charge in [-0.25, -0.2) is 4.98 Å². The number of methoxy groups -OCH3 is 1. The summed E-state index contributed by atoms with van der Waals surface area (Å²) in [6, 6.07) is 6.22. The minimum atomic E-state index is -0.0406. The molecule has 1 unspecified atom stereocenters. The fourth-order valence-electron chi connectivity index (χ4n) is 2.35. The fraction of sp³-hybridized carbons (Fsp3) is 0.533. The SMILES string of the molecule is COC(C)c1nc2cc(CN)ccc2n1C(C)(C)C. The first-order valence-corrected chi connectivity index (χ1v) is 6.63. The summed E-state index contributed by atoms with van der Waals surface area (Å²) in [6.07, 6.45) is -0.0343. The normalized spacial score (nSPS) is 14.0. The molecular formula is C15H23N3O. The maximum atomic E-state index is 5.70. The smallest absolute Gasteiger partial charge is 0.139 e. The number of hydrogen-bond acceptors (Lipinski definition) is 3. The van der Waals surface area contributed by atoms with Crippen LogP contribution in [0.1, 0.15) is 45.2 Å². The molecule has 2 aromatic rings. The van der Waals surface area contributed by atoms with Crippen molar-refractivity contribution >= 4 is 11.0 Å². The molecular weight excluding hydrogens is 238 g/mol. The molecule has 1 aromatic carbocycles. The summed E-state index contributed by atoms with van der Waals surface area (Å²) in [5.41, 5.74) is 8.87. The highest BCUT2D eigenvalue weighted by molar-refractivity contribution is 5.77. The van der Waals surface area contributed by atoms with E-state index in [0.717, 1.165) is 22.4 Å². The maximum absolute atomic E-state index is 5.70. The number of aromatic nitrogens is 2. The summed E-state index contributed by atoms with van der Waals surface area (Å²) < 4.78 is 7.70. The van der Waals surface area contributed by atoms with E-state index in [4.69, 9.17) is 15.5 Å². The Labute approximate surface area is 114 Å². The Morgan fingerprint density at radius 1 is 1.37 bits per heavy atom. The van der Waals surface area contributed by atoms with Crippen molar-refractivity contribution in [3.05, 3.63) is 29.6 Å². The summed E-state index contributed by atoms with van der Waals surface area (Å²) in [6.45, 7) is 9.09. The molecule has 0 fully saturated rings. The highest BCUT2D eigenvalue weighted by Gasteiger charge is 2.24. The van der Waals surface area contributed by atoms with E-state index in [0.29, 0.717) is 6.54 Å². The maximum Gasteiger partial charge on any atom is 0.139 e. The first kappa shape index (κ1) is 14.0. The van der Waals surface area contributed by atoms with Gasteiger partial charge in [0, 0.05) is 19.2 Å². The van der Waals surface area contributed by atoms with Crippen LogP contribution in [0.5, 0.6) is 0 Å². The minimum Gasteiger partial charge on any atom is -0.374 e. The summed E-state index contributed by atoms with van der Waals surface area (Å²) in [5, 5.41) is 0. The number of fused-ring (bicyclic) bond motifs is 1. The first-order chi connectivity index (χ1) is 8.88. The van der Waals surface area contributed by atoms with Crippen molar-refractivity contribution in [3.63, 3.8) is 0 Å². The van der Waals surface area contributed by atoms with Gasteiger partial charge < -0.3 is 15.0 Å². The van der Waals surface area contributed by atoms with Gasteiger partial charge in [0.15, 0.2) is 0 Å². The summed E-state index contributed by atoms with van der Waals surface area (Å²) in [7, 11) is 1.71. The quantitative estimate of drug-likeness (QED) is 0.924. The predicted octanol–water partition coefficient (Wildman–Crippen LogP) is 2.96. The largest absolute Gasteiger partial charge is 0.374 e. The highest BCUT2D eigenvalue weighted by Crippen LogP contribution is 2.29. The highest BCUT2D eigenvalue weighted by atomic mass is 16.5. The summed E-state index contributed by atoms with van der Waals surface area (Å²) in [4.78, 5) is 4.74. The van der Waals surface area contributed by atoms with E-state index in [1.807, 2.05) is 6.92 Å². The average Bonchev–Trinajstić information content (AvgIpc) is 2.75. The third-order valence-corrected chi connectivity index (χ3v) is 3.37. The van der Waals surface area contributed by atoms with Gasteiger partial charge in [0.1, 0.15) is 11.9 Å². The third kappa shape index (κ3) is 2.51. The first-order valence-electron chi connectivity index (χ1n) is 6.63. The van der Waals surface area contributed by atoms with Crippen LogP contribution in [0.3, 0.4) is 0 Å². The molecule has 2 rings (SSSR count). The van der Waals surface area contributed by atoms with Gasteiger partial charge in [0.2, 0.25) is 0 Å². The number of ether oxygens (including phenoxy) is 1. The van der Waals surface area contributed by atoms with Crippen LogP contribution in [0.15, 0.2) is 18.2 Å². The number of nitrogens with two attached hydrogens (primary N) is 1. The molecule has 19 heavy (non-hydrogen) atoms. The van der Waals surface area contributed by atoms with Crippen molar-refractivity contribution in [2.75, 3.05) is 7.11 Å². The van der Waals surface area contributed by atoms with Crippen LogP contribution in [0.25, 0.3) is 11.0 Å². The van der Waals surface area contributed by atoms with Crippen LogP contribution in [0.2, 0.25) is 0 Å². The molecule has 1 atom stereocenters. The van der Waals surface area contributed by atoms with E-state index in [9.17, 15) is 0 Å². The molecule has 0 aliphatic rings. The van der Waals surface area contributed by atoms with Crippen molar-refractivity contribution in [1.29, 1.82) is 0 Å². The lowest BCUT2D eigenvalue weighted by Crippen LogP contribution is -2.25. The summed E-state index contributed by atoms with van der Waals surface area (Å²) >= 11 is 0. The zero-order valence-corrected chi connectivity index (χ0v) is 12.4. The molecule has 0 spiro atoms. The van der Waals surface area contributed by atoms with E-state index in [2.05, 4.69) is 43.5 Å². The third-order valence-electron chi connectivity index (χ3n) is 3.37. The topological polar surface area (TPSA) is 53.1 Å². The molecule has 1 aromatic heterocycles. The Morgan fingerprint density at radius 2 is 2.05 bits per heavy atom. The number of benzene rings is 1. The lowest BCUT2D eigenvalue weighted by molar-refractivity contribution is 0.105. The van der Waals surface area contributed by atoms with Crippen molar-refractivity contribution in [1.82, 2.24) is 9.55 Å². The molecule has 0 aliphatic heterocycles. The Hall–Kier alpha value is -1.39. The lowest BCUT2D eigenvalue weighted by Gasteiger charge is -2.26. The molecule has 4 nitrogen and oxygen atoms in total. The fourth-order valence-corrected chi connectivity index (χ4v) is 2.35. The molecule has 2 N–H and O–H groups in total. The van der Waals surface area contributed by atoms with Crippen molar-refractivity contribution < 1.29 is 4.74 Å². The van der Waals surface area contributed by atoms with Gasteiger partial charge in [-0.2, -0.15) is 0 Å². The summed E-state index contributed by atoms with van der Waals surface area (Å²) in [5.74, 6) is 0.958. The van der Waals surface area contributed by atoms with Crippen molar-refractivity contribution in [3.8, 4) is 0 Å². The van der Waals surface area contributed by atoms with Crippen LogP contribution in [0, 0.1) is 0 Å². The molecule has 0 saturated heterocycles. The number of rotatable bonds is 3. The van der Waals surface area contributed by atoms with E-state index < -0.39 is 0 Å². The molecule has 0 saturated carbocycles. The van der Waals surface area contributed by atoms with Crippen molar-refractivity contribution in [2.45, 2.75) is 45.9 Å². The molecule has 104 valence electrons. The number of imidazole rings is 1.